The summed E-state index contributed by atoms with van der Waals surface area (Å²) in [5.74, 6) is 0.512. The molecule has 26 heavy (non-hydrogen) atoms. The Labute approximate surface area is 153 Å². The highest BCUT2D eigenvalue weighted by molar-refractivity contribution is 5.94. The lowest BCUT2D eigenvalue weighted by Gasteiger charge is -2.15. The molecule has 1 N–H and O–H groups in total. The van der Waals surface area contributed by atoms with Gasteiger partial charge in [0.25, 0.3) is 5.91 Å². The summed E-state index contributed by atoms with van der Waals surface area (Å²) in [6.45, 7) is 3.76. The summed E-state index contributed by atoms with van der Waals surface area (Å²) in [6, 6.07) is 19.5. The number of aryl methyl sites for hydroxylation is 1. The van der Waals surface area contributed by atoms with Gasteiger partial charge in [-0.15, -0.1) is 0 Å². The van der Waals surface area contributed by atoms with E-state index in [2.05, 4.69) is 10.3 Å². The van der Waals surface area contributed by atoms with Crippen LogP contribution in [-0.4, -0.2) is 17.0 Å². The number of carbonyl (C=O) groups is 1. The van der Waals surface area contributed by atoms with Crippen LogP contribution < -0.4 is 10.1 Å². The second kappa shape index (κ2) is 8.30. The second-order valence-corrected chi connectivity index (χ2v) is 6.29. The Morgan fingerprint density at radius 2 is 1.58 bits per heavy atom. The zero-order valence-corrected chi connectivity index (χ0v) is 15.0. The number of hydrogen-bond donors (Lipinski definition) is 1. The predicted octanol–water partition coefficient (Wildman–Crippen LogP) is 4.39. The van der Waals surface area contributed by atoms with Gasteiger partial charge >= 0.3 is 0 Å². The number of carbonyl (C=O) groups excluding carboxylic acids is 1. The minimum absolute atomic E-state index is 0.174. The van der Waals surface area contributed by atoms with Crippen molar-refractivity contribution in [2.24, 2.45) is 0 Å². The third-order valence-corrected chi connectivity index (χ3v) is 4.08. The molecule has 0 fully saturated rings. The smallest absolute Gasteiger partial charge is 0.265 e. The monoisotopic (exact) mass is 346 g/mol. The maximum atomic E-state index is 12.3. The summed E-state index contributed by atoms with van der Waals surface area (Å²) < 4.78 is 5.69. The molecule has 0 radical (unpaired) electrons. The summed E-state index contributed by atoms with van der Waals surface area (Å²) >= 11 is 0. The second-order valence-electron chi connectivity index (χ2n) is 6.29. The molecule has 0 spiro atoms. The van der Waals surface area contributed by atoms with E-state index in [1.54, 1.807) is 19.3 Å². The molecule has 0 aliphatic rings. The van der Waals surface area contributed by atoms with E-state index >= 15 is 0 Å². The molecule has 1 heterocycles. The van der Waals surface area contributed by atoms with Gasteiger partial charge < -0.3 is 10.1 Å². The molecule has 1 aromatic heterocycles. The molecule has 1 atom stereocenters. The lowest BCUT2D eigenvalue weighted by Crippen LogP contribution is -2.30. The minimum atomic E-state index is -0.575. The molecule has 0 aliphatic heterocycles. The number of amides is 1. The quantitative estimate of drug-likeness (QED) is 0.720. The molecule has 4 heteroatoms. The van der Waals surface area contributed by atoms with Crippen molar-refractivity contribution < 1.29 is 9.53 Å². The predicted molar refractivity (Wildman–Crippen MR) is 103 cm³/mol. The van der Waals surface area contributed by atoms with Crippen molar-refractivity contribution >= 4 is 11.6 Å². The number of nitrogens with one attached hydrogen (secondary N) is 1. The van der Waals surface area contributed by atoms with Crippen molar-refractivity contribution in [2.75, 3.05) is 5.32 Å². The van der Waals surface area contributed by atoms with Crippen molar-refractivity contribution in [3.63, 3.8) is 0 Å². The van der Waals surface area contributed by atoms with Crippen molar-refractivity contribution in [3.8, 4) is 5.75 Å². The van der Waals surface area contributed by atoms with Crippen LogP contribution in [0.4, 0.5) is 5.69 Å². The fourth-order valence-electron chi connectivity index (χ4n) is 2.56. The van der Waals surface area contributed by atoms with Gasteiger partial charge in [0, 0.05) is 18.1 Å². The molecule has 4 nitrogen and oxygen atoms in total. The first-order valence-corrected chi connectivity index (χ1v) is 8.62. The molecular weight excluding hydrogens is 324 g/mol. The number of nitrogens with zero attached hydrogens (tertiary/aromatic N) is 1. The normalized spacial score (nSPS) is 11.6. The average molecular weight is 346 g/mol. The van der Waals surface area contributed by atoms with Crippen LogP contribution >= 0.6 is 0 Å². The standard InChI is InChI=1S/C22H22N2O2/c1-16-3-9-21(10-4-16)26-17(2)22(25)24-20-7-5-18(6-8-20)15-19-11-13-23-14-12-19/h3-14,17H,15H2,1-2H3,(H,24,25)/t17-/m1/s1. The Kier molecular flexibility index (Phi) is 5.64. The van der Waals surface area contributed by atoms with E-state index in [0.717, 1.165) is 17.7 Å². The van der Waals surface area contributed by atoms with Crippen LogP contribution in [0.25, 0.3) is 0 Å². The summed E-state index contributed by atoms with van der Waals surface area (Å²) in [5, 5.41) is 2.89. The molecule has 2 aromatic carbocycles. The molecule has 3 rings (SSSR count). The van der Waals surface area contributed by atoms with Crippen LogP contribution in [0, 0.1) is 6.92 Å². The van der Waals surface area contributed by atoms with Crippen molar-refractivity contribution in [1.29, 1.82) is 0 Å². The molecule has 3 aromatic rings. The molecule has 0 bridgehead atoms. The van der Waals surface area contributed by atoms with Crippen LogP contribution in [0.5, 0.6) is 5.75 Å². The van der Waals surface area contributed by atoms with Gasteiger partial charge in [-0.05, 0) is 67.8 Å². The fraction of sp³-hybridized carbons (Fsp3) is 0.182. The van der Waals surface area contributed by atoms with E-state index in [1.165, 1.54) is 11.1 Å². The molecule has 0 aliphatic carbocycles. The van der Waals surface area contributed by atoms with E-state index in [4.69, 9.17) is 4.74 Å². The van der Waals surface area contributed by atoms with Crippen molar-refractivity contribution in [3.05, 3.63) is 89.7 Å². The number of hydrogen-bond acceptors (Lipinski definition) is 3. The Hall–Kier alpha value is -3.14. The Balaban J connectivity index is 1.56. The molecule has 0 saturated heterocycles. The van der Waals surface area contributed by atoms with E-state index in [9.17, 15) is 4.79 Å². The van der Waals surface area contributed by atoms with Gasteiger partial charge in [0.2, 0.25) is 0 Å². The fourth-order valence-corrected chi connectivity index (χ4v) is 2.56. The number of aromatic nitrogens is 1. The summed E-state index contributed by atoms with van der Waals surface area (Å²) in [6.07, 6.45) is 3.84. The van der Waals surface area contributed by atoms with E-state index < -0.39 is 6.10 Å². The molecule has 132 valence electrons. The maximum Gasteiger partial charge on any atom is 0.265 e. The summed E-state index contributed by atoms with van der Waals surface area (Å²) in [5.41, 5.74) is 4.30. The zero-order valence-electron chi connectivity index (χ0n) is 15.0. The van der Waals surface area contributed by atoms with Gasteiger partial charge in [-0.3, -0.25) is 9.78 Å². The molecule has 0 saturated carbocycles. The first-order valence-electron chi connectivity index (χ1n) is 8.62. The SMILES string of the molecule is Cc1ccc(O[C@H](C)C(=O)Nc2ccc(Cc3ccncc3)cc2)cc1. The Morgan fingerprint density at radius 3 is 2.23 bits per heavy atom. The number of rotatable bonds is 6. The highest BCUT2D eigenvalue weighted by atomic mass is 16.5. The van der Waals surface area contributed by atoms with Gasteiger partial charge in [-0.1, -0.05) is 29.8 Å². The number of pyridine rings is 1. The van der Waals surface area contributed by atoms with E-state index in [-0.39, 0.29) is 5.91 Å². The zero-order chi connectivity index (χ0) is 18.4. The lowest BCUT2D eigenvalue weighted by atomic mass is 10.1. The van der Waals surface area contributed by atoms with Gasteiger partial charge in [-0.2, -0.15) is 0 Å². The first kappa shape index (κ1) is 17.7. The average Bonchev–Trinajstić information content (AvgIpc) is 2.66. The lowest BCUT2D eigenvalue weighted by molar-refractivity contribution is -0.122. The van der Waals surface area contributed by atoms with Crippen LogP contribution in [0.2, 0.25) is 0 Å². The maximum absolute atomic E-state index is 12.3. The highest BCUT2D eigenvalue weighted by Crippen LogP contribution is 2.16. The number of ether oxygens (including phenoxy) is 1. The third kappa shape index (κ3) is 4.93. The number of benzene rings is 2. The van der Waals surface area contributed by atoms with Gasteiger partial charge in [0.15, 0.2) is 6.10 Å². The molecule has 0 unspecified atom stereocenters. The largest absolute Gasteiger partial charge is 0.481 e. The van der Waals surface area contributed by atoms with Gasteiger partial charge in [-0.25, -0.2) is 0 Å². The summed E-state index contributed by atoms with van der Waals surface area (Å²) in [7, 11) is 0. The Bertz CT molecular complexity index is 844. The topological polar surface area (TPSA) is 51.2 Å². The minimum Gasteiger partial charge on any atom is -0.481 e. The van der Waals surface area contributed by atoms with Crippen molar-refractivity contribution in [2.45, 2.75) is 26.4 Å². The molecular formula is C22H22N2O2. The molecule has 1 amide bonds. The number of anilines is 1. The van der Waals surface area contributed by atoms with E-state index in [0.29, 0.717) is 5.75 Å². The van der Waals surface area contributed by atoms with E-state index in [1.807, 2.05) is 67.6 Å². The van der Waals surface area contributed by atoms with Crippen LogP contribution in [-0.2, 0) is 11.2 Å². The van der Waals surface area contributed by atoms with Gasteiger partial charge in [0.05, 0.1) is 0 Å². The van der Waals surface area contributed by atoms with Crippen LogP contribution in [0.15, 0.2) is 73.1 Å². The van der Waals surface area contributed by atoms with Gasteiger partial charge in [0.1, 0.15) is 5.75 Å². The van der Waals surface area contributed by atoms with Crippen LogP contribution in [0.1, 0.15) is 23.6 Å². The van der Waals surface area contributed by atoms with Crippen molar-refractivity contribution in [1.82, 2.24) is 4.98 Å². The highest BCUT2D eigenvalue weighted by Gasteiger charge is 2.14. The summed E-state index contributed by atoms with van der Waals surface area (Å²) in [4.78, 5) is 16.3. The third-order valence-electron chi connectivity index (χ3n) is 4.08. The Morgan fingerprint density at radius 1 is 0.962 bits per heavy atom. The van der Waals surface area contributed by atoms with Crippen LogP contribution in [0.3, 0.4) is 0 Å². The first-order chi connectivity index (χ1) is 12.6.